The summed E-state index contributed by atoms with van der Waals surface area (Å²) in [5.74, 6) is -1.24. The van der Waals surface area contributed by atoms with Gasteiger partial charge in [-0.2, -0.15) is 13.2 Å². The van der Waals surface area contributed by atoms with Gasteiger partial charge in [-0.15, -0.1) is 0 Å². The molecule has 1 saturated heterocycles. The van der Waals surface area contributed by atoms with Gasteiger partial charge in [-0.1, -0.05) is 72.3 Å². The fourth-order valence-electron chi connectivity index (χ4n) is 5.80. The molecule has 2 unspecified atom stereocenters. The summed E-state index contributed by atoms with van der Waals surface area (Å²) < 4.78 is 66.2. The van der Waals surface area contributed by atoms with E-state index in [2.05, 4.69) is 16.3 Å². The predicted octanol–water partition coefficient (Wildman–Crippen LogP) is 6.95. The number of carbonyl (C=O) groups excluding carboxylic acids is 1. The average molecular weight is 648 g/mol. The maximum atomic E-state index is 14.7. The Balaban J connectivity index is 1.39. The number of alkyl halides is 3. The maximum absolute atomic E-state index is 14.7. The number of nitrogens with one attached hydrogen (secondary N) is 1. The molecular weight excluding hydrogens is 623 g/mol. The highest BCUT2D eigenvalue weighted by molar-refractivity contribution is 7.99. The molecule has 4 nitrogen and oxygen atoms in total. The Morgan fingerprint density at radius 1 is 1.12 bits per heavy atom. The molecule has 1 N–H and O–H groups in total. The van der Waals surface area contributed by atoms with E-state index < -0.39 is 44.9 Å². The minimum atomic E-state index is -4.77. The third-order valence-corrected chi connectivity index (χ3v) is 9.96. The molecule has 3 aliphatic heterocycles. The first kappa shape index (κ1) is 30.1. The van der Waals surface area contributed by atoms with Crippen LogP contribution in [0.1, 0.15) is 52.1 Å². The van der Waals surface area contributed by atoms with E-state index in [0.29, 0.717) is 41.7 Å². The Kier molecular flexibility index (Phi) is 7.62. The second-order valence-corrected chi connectivity index (χ2v) is 12.6. The van der Waals surface area contributed by atoms with E-state index >= 15 is 0 Å². The number of nitrogens with zero attached hydrogens (tertiary/aromatic N) is 1. The Hall–Kier alpha value is -2.95. The summed E-state index contributed by atoms with van der Waals surface area (Å²) in [6, 6.07) is 12.5. The van der Waals surface area contributed by atoms with Crippen LogP contribution in [-0.2, 0) is 15.1 Å². The molecular formula is C32H24Cl2F4N2O2S. The fourth-order valence-corrected chi connectivity index (χ4v) is 7.25. The average Bonchev–Trinajstić information content (AvgIpc) is 3.57. The number of benzene rings is 3. The van der Waals surface area contributed by atoms with Crippen LogP contribution in [0.15, 0.2) is 65.6 Å². The first-order chi connectivity index (χ1) is 20.4. The summed E-state index contributed by atoms with van der Waals surface area (Å²) in [5.41, 5.74) is 1.48. The molecule has 0 amide bonds. The lowest BCUT2D eigenvalue weighted by Crippen LogP contribution is -2.57. The quantitative estimate of drug-likeness (QED) is 0.141. The minimum Gasteiger partial charge on any atom is -0.351 e. The third kappa shape index (κ3) is 4.86. The number of ether oxygens (including phenoxy) is 1. The van der Waals surface area contributed by atoms with Gasteiger partial charge in [0.2, 0.25) is 0 Å². The van der Waals surface area contributed by atoms with Gasteiger partial charge < -0.3 is 10.1 Å². The predicted molar refractivity (Wildman–Crippen MR) is 163 cm³/mol. The number of carbonyl (C=O) groups is 1. The molecule has 0 saturated carbocycles. The number of fused-ring (bicyclic) bond motifs is 2. The molecule has 6 rings (SSSR count). The van der Waals surface area contributed by atoms with E-state index in [0.717, 1.165) is 28.1 Å². The van der Waals surface area contributed by atoms with E-state index in [1.807, 2.05) is 25.1 Å². The van der Waals surface area contributed by atoms with Crippen molar-refractivity contribution in [1.29, 1.82) is 0 Å². The highest BCUT2D eigenvalue weighted by Gasteiger charge is 2.60. The van der Waals surface area contributed by atoms with Crippen molar-refractivity contribution in [2.45, 2.75) is 36.0 Å². The molecule has 43 heavy (non-hydrogen) atoms. The van der Waals surface area contributed by atoms with Gasteiger partial charge in [0.15, 0.2) is 16.3 Å². The van der Waals surface area contributed by atoms with Crippen molar-refractivity contribution in [2.24, 2.45) is 4.40 Å². The second kappa shape index (κ2) is 10.9. The first-order valence-corrected chi connectivity index (χ1v) is 14.9. The number of ketones is 1. The molecule has 3 heterocycles. The summed E-state index contributed by atoms with van der Waals surface area (Å²) >= 11 is 12.1. The Bertz CT molecular complexity index is 1810. The molecule has 0 bridgehead atoms. The van der Waals surface area contributed by atoms with Crippen LogP contribution >= 0.6 is 35.1 Å². The maximum Gasteiger partial charge on any atom is 0.409 e. The smallest absolute Gasteiger partial charge is 0.351 e. The summed E-state index contributed by atoms with van der Waals surface area (Å²) in [6.07, 6.45) is -0.840. The lowest BCUT2D eigenvalue weighted by atomic mass is 9.83. The van der Waals surface area contributed by atoms with Gasteiger partial charge in [-0.3, -0.25) is 4.79 Å². The van der Waals surface area contributed by atoms with Gasteiger partial charge in [0.05, 0.1) is 15.8 Å². The highest BCUT2D eigenvalue weighted by Crippen LogP contribution is 2.57. The van der Waals surface area contributed by atoms with E-state index in [-0.39, 0.29) is 17.1 Å². The van der Waals surface area contributed by atoms with Gasteiger partial charge in [-0.05, 0) is 75.8 Å². The van der Waals surface area contributed by atoms with Crippen molar-refractivity contribution >= 4 is 58.8 Å². The molecule has 1 fully saturated rings. The molecule has 0 aromatic heterocycles. The minimum absolute atomic E-state index is 0.174. The molecule has 3 aliphatic rings. The molecule has 3 aromatic carbocycles. The number of halogens is 6. The third-order valence-electron chi connectivity index (χ3n) is 8.18. The van der Waals surface area contributed by atoms with Crippen molar-refractivity contribution in [2.75, 3.05) is 13.1 Å². The monoisotopic (exact) mass is 646 g/mol. The van der Waals surface area contributed by atoms with Crippen LogP contribution in [0.4, 0.5) is 17.6 Å². The molecule has 222 valence electrons. The molecule has 11 heteroatoms. The molecule has 0 radical (unpaired) electrons. The summed E-state index contributed by atoms with van der Waals surface area (Å²) in [5, 5.41) is 3.96. The Morgan fingerprint density at radius 2 is 1.84 bits per heavy atom. The summed E-state index contributed by atoms with van der Waals surface area (Å²) in [6.45, 7) is 6.62. The zero-order valence-electron chi connectivity index (χ0n) is 22.7. The summed E-state index contributed by atoms with van der Waals surface area (Å²) in [7, 11) is 0. The topological polar surface area (TPSA) is 50.7 Å². The standard InChI is InChI=1S/C32H24Cl2F4N2O2S/c1-3-5-18-6-7-20(10-17(18)4-2)28(41)29-22-11-19(8-9-23(22)30(42-29)15-39-16-30)26-14-31(43-40-26,32(36,37)38)21-12-24(33)27(35)25(34)13-21/h3-13,29,39H,1,14-16H2,2H3. The van der Waals surface area contributed by atoms with Crippen LogP contribution in [0.2, 0.25) is 10.0 Å². The van der Waals surface area contributed by atoms with Gasteiger partial charge in [0.1, 0.15) is 11.7 Å². The number of hydrogen-bond donors (Lipinski definition) is 1. The fraction of sp³-hybridized carbons (Fsp3) is 0.250. The van der Waals surface area contributed by atoms with E-state index in [9.17, 15) is 22.4 Å². The molecule has 0 aliphatic carbocycles. The van der Waals surface area contributed by atoms with Gasteiger partial charge >= 0.3 is 6.18 Å². The lowest BCUT2D eigenvalue weighted by Gasteiger charge is -2.39. The Morgan fingerprint density at radius 3 is 2.44 bits per heavy atom. The van der Waals surface area contributed by atoms with E-state index in [4.69, 9.17) is 27.9 Å². The van der Waals surface area contributed by atoms with Crippen molar-refractivity contribution in [1.82, 2.24) is 5.32 Å². The lowest BCUT2D eigenvalue weighted by molar-refractivity contribution is -0.159. The van der Waals surface area contributed by atoms with Crippen molar-refractivity contribution < 1.29 is 27.1 Å². The largest absolute Gasteiger partial charge is 0.409 e. The zero-order chi connectivity index (χ0) is 30.7. The van der Waals surface area contributed by atoms with E-state index in [1.165, 1.54) is 0 Å². The molecule has 1 spiro atoms. The van der Waals surface area contributed by atoms with Crippen molar-refractivity contribution in [3.8, 4) is 0 Å². The molecule has 3 aromatic rings. The SMILES string of the molecule is C=CC=c1ccc(C(=O)C2OC3(CNC3)c3ccc(C4=NSC(c5cc(Cl)c(F)c(Cl)c5)(C(F)(F)F)C4)cc32)cc1=CC. The number of Topliss-reactive ketones (excluding diaryl/α,β-unsaturated/α-hetero) is 1. The van der Waals surface area contributed by atoms with Crippen LogP contribution in [0, 0.1) is 5.82 Å². The van der Waals surface area contributed by atoms with Crippen LogP contribution < -0.4 is 15.8 Å². The van der Waals surface area contributed by atoms with Gasteiger partial charge in [-0.25, -0.2) is 8.79 Å². The summed E-state index contributed by atoms with van der Waals surface area (Å²) in [4.78, 5) is 13.9. The van der Waals surface area contributed by atoms with Gasteiger partial charge in [0, 0.05) is 25.1 Å². The first-order valence-electron chi connectivity index (χ1n) is 13.4. The Labute approximate surface area is 259 Å². The molecule has 2 atom stereocenters. The zero-order valence-corrected chi connectivity index (χ0v) is 25.0. The second-order valence-electron chi connectivity index (χ2n) is 10.7. The number of hydrogen-bond acceptors (Lipinski definition) is 5. The van der Waals surface area contributed by atoms with Crippen molar-refractivity contribution in [3.63, 3.8) is 0 Å². The number of rotatable bonds is 5. The highest BCUT2D eigenvalue weighted by atomic mass is 35.5. The normalized spacial score (nSPS) is 23.3. The van der Waals surface area contributed by atoms with Crippen molar-refractivity contribution in [3.05, 3.63) is 115 Å². The van der Waals surface area contributed by atoms with Crippen LogP contribution in [0.25, 0.3) is 12.2 Å². The van der Waals surface area contributed by atoms with Crippen LogP contribution in [0.5, 0.6) is 0 Å². The van der Waals surface area contributed by atoms with Crippen LogP contribution in [-0.4, -0.2) is 30.8 Å². The van der Waals surface area contributed by atoms with E-state index in [1.54, 1.807) is 36.4 Å². The number of allylic oxidation sites excluding steroid dienone is 1. The van der Waals surface area contributed by atoms with Gasteiger partial charge in [0.25, 0.3) is 0 Å². The van der Waals surface area contributed by atoms with Crippen LogP contribution in [0.3, 0.4) is 0 Å².